The summed E-state index contributed by atoms with van der Waals surface area (Å²) in [7, 11) is -0.541. The molecule has 248 valence electrons. The van der Waals surface area contributed by atoms with Crippen molar-refractivity contribution in [2.24, 2.45) is 28.3 Å². The van der Waals surface area contributed by atoms with Crippen LogP contribution < -0.4 is 10.6 Å². The van der Waals surface area contributed by atoms with Crippen molar-refractivity contribution in [1.29, 1.82) is 0 Å². The number of carbonyl (C=O) groups excluding carboxylic acids is 2. The summed E-state index contributed by atoms with van der Waals surface area (Å²) in [6.07, 6.45) is 3.46. The van der Waals surface area contributed by atoms with E-state index in [4.69, 9.17) is 14.1 Å². The first-order valence-electron chi connectivity index (χ1n) is 17.0. The van der Waals surface area contributed by atoms with E-state index in [2.05, 4.69) is 55.5 Å². The van der Waals surface area contributed by atoms with E-state index in [0.717, 1.165) is 17.7 Å². The molecule has 4 fully saturated rings. The number of nitrogens with one attached hydrogen (secondary N) is 2. The summed E-state index contributed by atoms with van der Waals surface area (Å²) in [6, 6.07) is 11.6. The van der Waals surface area contributed by atoms with Gasteiger partial charge in [-0.1, -0.05) is 63.2 Å². The lowest BCUT2D eigenvalue weighted by Crippen LogP contribution is -2.65. The van der Waals surface area contributed by atoms with Crippen molar-refractivity contribution in [3.05, 3.63) is 53.3 Å². The van der Waals surface area contributed by atoms with Crippen LogP contribution in [0.1, 0.15) is 102 Å². The molecule has 10 nitrogen and oxygen atoms in total. The van der Waals surface area contributed by atoms with E-state index in [1.807, 2.05) is 51.1 Å². The molecule has 6 atom stereocenters. The monoisotopic (exact) mass is 631 g/mol. The predicted molar refractivity (Wildman–Crippen MR) is 177 cm³/mol. The van der Waals surface area contributed by atoms with Gasteiger partial charge < -0.3 is 24.8 Å². The third kappa shape index (κ3) is 5.89. The van der Waals surface area contributed by atoms with Crippen LogP contribution in [0.25, 0.3) is 0 Å². The lowest BCUT2D eigenvalue weighted by atomic mass is 9.43. The number of oxime groups is 1. The Kier molecular flexibility index (Phi) is 8.63. The Bertz CT molecular complexity index is 1490. The molecule has 0 spiro atoms. The maximum absolute atomic E-state index is 14.4. The molecule has 3 heterocycles. The third-order valence-corrected chi connectivity index (χ3v) is 11.0. The fraction of sp³-hybridized carbons (Fsp3) is 0.657. The first-order chi connectivity index (χ1) is 21.7. The maximum atomic E-state index is 14.4. The zero-order valence-corrected chi connectivity index (χ0v) is 28.6. The SMILES string of the molecule is Cc1cc(C(=O)NCC2=NOC(Cc3ccccc3)(C(=O)N[C@@H](CC(C)C)B3O[C@@H]4C[C@@H]5C[C@@H](C5(C)C)[C@]4(C)O3)C2)n(C(C)C)n1. The van der Waals surface area contributed by atoms with E-state index in [9.17, 15) is 9.59 Å². The average molecular weight is 632 g/mol. The molecule has 3 saturated carbocycles. The summed E-state index contributed by atoms with van der Waals surface area (Å²) in [6.45, 7) is 17.2. The number of nitrogens with zero attached hydrogens (tertiary/aromatic N) is 3. The number of rotatable bonds is 11. The minimum atomic E-state index is -1.27. The van der Waals surface area contributed by atoms with Crippen molar-refractivity contribution in [2.45, 2.75) is 117 Å². The molecule has 2 N–H and O–H groups in total. The molecule has 1 aromatic heterocycles. The number of benzene rings is 1. The smallest absolute Gasteiger partial charge is 0.404 e. The molecule has 2 aliphatic heterocycles. The Hall–Kier alpha value is -3.18. The molecular formula is C35H50BN5O5. The summed E-state index contributed by atoms with van der Waals surface area (Å²) >= 11 is 0. The lowest BCUT2D eigenvalue weighted by Gasteiger charge is -2.64. The molecule has 0 radical (unpaired) electrons. The number of amides is 2. The van der Waals surface area contributed by atoms with Gasteiger partial charge in [0.05, 0.1) is 35.6 Å². The summed E-state index contributed by atoms with van der Waals surface area (Å²) < 4.78 is 15.2. The topological polar surface area (TPSA) is 116 Å². The maximum Gasteiger partial charge on any atom is 0.481 e. The van der Waals surface area contributed by atoms with Gasteiger partial charge in [-0.3, -0.25) is 14.3 Å². The molecule has 7 rings (SSSR count). The summed E-state index contributed by atoms with van der Waals surface area (Å²) in [5.41, 5.74) is 1.42. The molecular weight excluding hydrogens is 581 g/mol. The second-order valence-electron chi connectivity index (χ2n) is 15.5. The van der Waals surface area contributed by atoms with Crippen LogP contribution in [0.2, 0.25) is 0 Å². The Balaban J connectivity index is 1.18. The van der Waals surface area contributed by atoms with Crippen LogP contribution in [0.4, 0.5) is 0 Å². The van der Waals surface area contributed by atoms with Gasteiger partial charge in [0.1, 0.15) is 5.69 Å². The van der Waals surface area contributed by atoms with Crippen LogP contribution in [0, 0.1) is 30.1 Å². The van der Waals surface area contributed by atoms with E-state index >= 15 is 0 Å². The summed E-state index contributed by atoms with van der Waals surface area (Å²) in [5, 5.41) is 15.1. The van der Waals surface area contributed by atoms with Crippen LogP contribution in [-0.2, 0) is 25.4 Å². The minimum Gasteiger partial charge on any atom is -0.404 e. The van der Waals surface area contributed by atoms with Gasteiger partial charge in [-0.2, -0.15) is 5.10 Å². The average Bonchev–Trinajstić information content (AvgIpc) is 3.70. The normalized spacial score (nSPS) is 30.0. The van der Waals surface area contributed by atoms with Gasteiger partial charge in [-0.25, -0.2) is 0 Å². The van der Waals surface area contributed by atoms with Crippen LogP contribution in [0.15, 0.2) is 41.6 Å². The van der Waals surface area contributed by atoms with E-state index < -0.39 is 12.7 Å². The number of aromatic nitrogens is 2. The Morgan fingerprint density at radius 2 is 1.85 bits per heavy atom. The molecule has 3 aliphatic carbocycles. The molecule has 2 amide bonds. The zero-order chi connectivity index (χ0) is 33.0. The van der Waals surface area contributed by atoms with Crippen molar-refractivity contribution in [3.63, 3.8) is 0 Å². The molecule has 2 bridgehead atoms. The highest BCUT2D eigenvalue weighted by Crippen LogP contribution is 2.65. The standard InChI is InChI=1S/C35H50BN5O5/c1-21(2)14-30(36-44-29-17-25-16-28(33(25,6)7)34(29,8)45-36)38-32(43)35(18-24-12-10-9-11-13-24)19-26(40-46-35)20-37-31(42)27-15-23(5)39-41(27)22(3)4/h9-13,15,21-22,25,28-30H,14,16-20H2,1-8H3,(H,37,42)(H,38,43)/t25-,28-,29+,30-,34-,35?/m0/s1. The Morgan fingerprint density at radius 3 is 2.52 bits per heavy atom. The fourth-order valence-corrected chi connectivity index (χ4v) is 8.33. The van der Waals surface area contributed by atoms with Crippen molar-refractivity contribution < 1.29 is 23.7 Å². The van der Waals surface area contributed by atoms with Gasteiger partial charge in [-0.15, -0.1) is 0 Å². The van der Waals surface area contributed by atoms with E-state index in [1.54, 1.807) is 10.7 Å². The summed E-state index contributed by atoms with van der Waals surface area (Å²) in [4.78, 5) is 33.6. The molecule has 5 aliphatic rings. The highest BCUT2D eigenvalue weighted by Gasteiger charge is 2.68. The van der Waals surface area contributed by atoms with Gasteiger partial charge in [-0.05, 0) is 81.8 Å². The van der Waals surface area contributed by atoms with Gasteiger partial charge in [0.25, 0.3) is 11.8 Å². The van der Waals surface area contributed by atoms with E-state index in [0.29, 0.717) is 42.0 Å². The van der Waals surface area contributed by atoms with Gasteiger partial charge in [0.2, 0.25) is 5.60 Å². The molecule has 46 heavy (non-hydrogen) atoms. The van der Waals surface area contributed by atoms with Gasteiger partial charge in [0, 0.05) is 18.9 Å². The van der Waals surface area contributed by atoms with Crippen molar-refractivity contribution >= 4 is 24.6 Å². The van der Waals surface area contributed by atoms with Gasteiger partial charge >= 0.3 is 7.12 Å². The molecule has 2 aromatic rings. The quantitative estimate of drug-likeness (QED) is 0.335. The van der Waals surface area contributed by atoms with Gasteiger partial charge in [0.15, 0.2) is 0 Å². The largest absolute Gasteiger partial charge is 0.481 e. The second-order valence-corrected chi connectivity index (χ2v) is 15.5. The number of aryl methyl sites for hydroxylation is 1. The molecule has 1 saturated heterocycles. The molecule has 1 aromatic carbocycles. The highest BCUT2D eigenvalue weighted by molar-refractivity contribution is 6.48. The van der Waals surface area contributed by atoms with Crippen molar-refractivity contribution in [2.75, 3.05) is 6.54 Å². The number of carbonyl (C=O) groups is 2. The Morgan fingerprint density at radius 1 is 1.11 bits per heavy atom. The fourth-order valence-electron chi connectivity index (χ4n) is 8.33. The third-order valence-electron chi connectivity index (χ3n) is 11.0. The van der Waals surface area contributed by atoms with Crippen molar-refractivity contribution in [3.8, 4) is 0 Å². The first-order valence-corrected chi connectivity index (χ1v) is 17.0. The van der Waals surface area contributed by atoms with Crippen LogP contribution in [0.5, 0.6) is 0 Å². The zero-order valence-electron chi connectivity index (χ0n) is 28.6. The first kappa shape index (κ1) is 32.8. The number of hydrogen-bond donors (Lipinski definition) is 2. The minimum absolute atomic E-state index is 0.0242. The van der Waals surface area contributed by atoms with Crippen molar-refractivity contribution in [1.82, 2.24) is 20.4 Å². The summed E-state index contributed by atoms with van der Waals surface area (Å²) in [5.74, 6) is 0.527. The Labute approximate surface area is 273 Å². The molecule has 1 unspecified atom stereocenters. The van der Waals surface area contributed by atoms with E-state index in [1.165, 1.54) is 6.42 Å². The van der Waals surface area contributed by atoms with Crippen LogP contribution in [-0.4, -0.2) is 64.2 Å². The molecule has 11 heteroatoms. The second kappa shape index (κ2) is 12.1. The number of hydrogen-bond acceptors (Lipinski definition) is 7. The predicted octanol–water partition coefficient (Wildman–Crippen LogP) is 5.06. The highest BCUT2D eigenvalue weighted by atomic mass is 16.7. The van der Waals surface area contributed by atoms with Crippen LogP contribution >= 0.6 is 0 Å². The van der Waals surface area contributed by atoms with E-state index in [-0.39, 0.29) is 53.9 Å². The lowest BCUT2D eigenvalue weighted by molar-refractivity contribution is -0.199. The van der Waals surface area contributed by atoms with Crippen LogP contribution in [0.3, 0.4) is 0 Å².